The van der Waals surface area contributed by atoms with E-state index < -0.39 is 27.8 Å². The van der Waals surface area contributed by atoms with Crippen molar-refractivity contribution in [2.75, 3.05) is 25.1 Å². The Morgan fingerprint density at radius 2 is 1.91 bits per heavy atom. The Hall–Kier alpha value is -2.71. The highest BCUT2D eigenvalue weighted by molar-refractivity contribution is 7.90. The average molecular weight is 487 g/mol. The lowest BCUT2D eigenvalue weighted by atomic mass is 9.93. The highest BCUT2D eigenvalue weighted by Gasteiger charge is 2.25. The van der Waals surface area contributed by atoms with Crippen molar-refractivity contribution in [1.29, 1.82) is 0 Å². The van der Waals surface area contributed by atoms with Gasteiger partial charge in [0, 0.05) is 24.9 Å². The van der Waals surface area contributed by atoms with Gasteiger partial charge in [-0.05, 0) is 66.6 Å². The number of carboxylic acid groups (broad SMARTS) is 1. The van der Waals surface area contributed by atoms with Crippen LogP contribution in [0.15, 0.2) is 42.5 Å². The van der Waals surface area contributed by atoms with Crippen LogP contribution in [-0.2, 0) is 21.2 Å². The molecule has 1 aliphatic heterocycles. The number of sulfone groups is 1. The summed E-state index contributed by atoms with van der Waals surface area (Å²) in [6.07, 6.45) is 3.23. The lowest BCUT2D eigenvalue weighted by Crippen LogP contribution is -2.42. The number of carbonyl (C=O) groups excluding carboxylic acids is 1. The van der Waals surface area contributed by atoms with Gasteiger partial charge in [-0.15, -0.1) is 0 Å². The summed E-state index contributed by atoms with van der Waals surface area (Å²) in [4.78, 5) is 27.3. The Morgan fingerprint density at radius 3 is 2.53 bits per heavy atom. The van der Waals surface area contributed by atoms with Crippen LogP contribution in [0.4, 0.5) is 0 Å². The maximum atomic E-state index is 13.2. The van der Waals surface area contributed by atoms with Gasteiger partial charge in [-0.25, -0.2) is 13.2 Å². The van der Waals surface area contributed by atoms with Gasteiger partial charge in [-0.1, -0.05) is 43.7 Å². The predicted molar refractivity (Wildman–Crippen MR) is 134 cm³/mol. The summed E-state index contributed by atoms with van der Waals surface area (Å²) < 4.78 is 23.0. The number of aryl methyl sites for hydroxylation is 1. The normalized spacial score (nSPS) is 17.4. The number of aliphatic carboxylic acids is 1. The number of amides is 1. The number of hydrogen-bond acceptors (Lipinski definition) is 5. The molecule has 7 nitrogen and oxygen atoms in total. The van der Waals surface area contributed by atoms with Crippen LogP contribution in [0.25, 0.3) is 11.1 Å². The Labute approximate surface area is 202 Å². The van der Waals surface area contributed by atoms with E-state index in [1.165, 1.54) is 12.8 Å². The quantitative estimate of drug-likeness (QED) is 0.533. The van der Waals surface area contributed by atoms with Crippen molar-refractivity contribution < 1.29 is 23.1 Å². The number of carbonyl (C=O) groups is 2. The molecule has 2 atom stereocenters. The van der Waals surface area contributed by atoms with Gasteiger partial charge >= 0.3 is 5.97 Å². The summed E-state index contributed by atoms with van der Waals surface area (Å²) in [6, 6.07) is 12.2. The second kappa shape index (κ2) is 11.1. The van der Waals surface area contributed by atoms with Gasteiger partial charge in [0.2, 0.25) is 0 Å². The van der Waals surface area contributed by atoms with Gasteiger partial charge < -0.3 is 10.4 Å². The fraction of sp³-hybridized carbons (Fsp3) is 0.462. The molecule has 1 aliphatic rings. The molecule has 34 heavy (non-hydrogen) atoms. The van der Waals surface area contributed by atoms with Crippen LogP contribution in [0.5, 0.6) is 0 Å². The molecule has 3 rings (SSSR count). The number of rotatable bonds is 10. The number of nitrogens with one attached hydrogen (secondary N) is 1. The first-order valence-electron chi connectivity index (χ1n) is 11.7. The molecular formula is C26H34N2O5S. The fourth-order valence-electron chi connectivity index (χ4n) is 4.46. The van der Waals surface area contributed by atoms with Crippen LogP contribution in [0.3, 0.4) is 0 Å². The molecule has 0 spiro atoms. The standard InChI is InChI=1S/C26H34N2O5S/c1-4-19-11-13-28(16-19)17-20-9-10-22(23(15-20)21-8-6-5-7-18(21)2)25(29)27-24(26(30)31)12-14-34(3,32)33/h5-10,15,19,24H,4,11-14,16-17H2,1-3H3,(H,27,29)(H,30,31). The van der Waals surface area contributed by atoms with Crippen molar-refractivity contribution >= 4 is 21.7 Å². The summed E-state index contributed by atoms with van der Waals surface area (Å²) in [5, 5.41) is 12.1. The molecule has 2 unspecified atom stereocenters. The molecule has 1 amide bonds. The zero-order valence-corrected chi connectivity index (χ0v) is 20.9. The van der Waals surface area contributed by atoms with Gasteiger partial charge in [0.05, 0.1) is 5.75 Å². The van der Waals surface area contributed by atoms with Crippen molar-refractivity contribution in [3.63, 3.8) is 0 Å². The zero-order valence-electron chi connectivity index (χ0n) is 20.1. The largest absolute Gasteiger partial charge is 0.480 e. The lowest BCUT2D eigenvalue weighted by Gasteiger charge is -2.20. The first kappa shape index (κ1) is 25.9. The lowest BCUT2D eigenvalue weighted by molar-refractivity contribution is -0.139. The zero-order chi connectivity index (χ0) is 24.9. The van der Waals surface area contributed by atoms with Gasteiger partial charge in [0.15, 0.2) is 0 Å². The fourth-order valence-corrected chi connectivity index (χ4v) is 5.12. The van der Waals surface area contributed by atoms with E-state index in [1.54, 1.807) is 6.07 Å². The number of carboxylic acids is 1. The summed E-state index contributed by atoms with van der Waals surface area (Å²) in [5.74, 6) is -1.38. The second-order valence-electron chi connectivity index (χ2n) is 9.28. The first-order valence-corrected chi connectivity index (χ1v) is 13.8. The highest BCUT2D eigenvalue weighted by atomic mass is 32.2. The van der Waals surface area contributed by atoms with E-state index in [4.69, 9.17) is 0 Å². The van der Waals surface area contributed by atoms with Crippen LogP contribution in [0, 0.1) is 12.8 Å². The number of benzene rings is 2. The molecule has 0 aromatic heterocycles. The number of hydrogen-bond donors (Lipinski definition) is 2. The monoisotopic (exact) mass is 486 g/mol. The molecule has 2 aromatic carbocycles. The van der Waals surface area contributed by atoms with E-state index in [1.807, 2.05) is 43.3 Å². The van der Waals surface area contributed by atoms with E-state index in [2.05, 4.69) is 17.1 Å². The number of likely N-dealkylation sites (tertiary alicyclic amines) is 1. The second-order valence-corrected chi connectivity index (χ2v) is 11.5. The molecule has 1 fully saturated rings. The van der Waals surface area contributed by atoms with E-state index in [0.717, 1.165) is 54.1 Å². The van der Waals surface area contributed by atoms with Crippen molar-refractivity contribution in [3.8, 4) is 11.1 Å². The summed E-state index contributed by atoms with van der Waals surface area (Å²) >= 11 is 0. The molecule has 1 saturated heterocycles. The smallest absolute Gasteiger partial charge is 0.326 e. The molecule has 0 saturated carbocycles. The summed E-state index contributed by atoms with van der Waals surface area (Å²) in [6.45, 7) is 7.11. The van der Waals surface area contributed by atoms with Crippen LogP contribution in [0.2, 0.25) is 0 Å². The van der Waals surface area contributed by atoms with E-state index in [0.29, 0.717) is 5.56 Å². The van der Waals surface area contributed by atoms with Gasteiger partial charge in [-0.2, -0.15) is 0 Å². The SMILES string of the molecule is CCC1CCN(Cc2ccc(C(=O)NC(CCS(C)(=O)=O)C(=O)O)c(-c3ccccc3C)c2)C1. The molecule has 0 bridgehead atoms. The van der Waals surface area contributed by atoms with Crippen LogP contribution in [-0.4, -0.2) is 61.4 Å². The molecule has 2 aromatic rings. The van der Waals surface area contributed by atoms with Gasteiger partial charge in [0.1, 0.15) is 15.9 Å². The summed E-state index contributed by atoms with van der Waals surface area (Å²) in [5.41, 5.74) is 4.12. The van der Waals surface area contributed by atoms with E-state index in [-0.39, 0.29) is 12.2 Å². The van der Waals surface area contributed by atoms with Crippen molar-refractivity contribution in [3.05, 3.63) is 59.2 Å². The van der Waals surface area contributed by atoms with Crippen LogP contribution in [0.1, 0.15) is 47.7 Å². The minimum Gasteiger partial charge on any atom is -0.480 e. The highest BCUT2D eigenvalue weighted by Crippen LogP contribution is 2.30. The minimum absolute atomic E-state index is 0.189. The van der Waals surface area contributed by atoms with Crippen molar-refractivity contribution in [2.24, 2.45) is 5.92 Å². The van der Waals surface area contributed by atoms with Crippen molar-refractivity contribution in [2.45, 2.75) is 45.7 Å². The minimum atomic E-state index is -3.35. The van der Waals surface area contributed by atoms with Crippen LogP contribution >= 0.6 is 0 Å². The number of nitrogens with zero attached hydrogens (tertiary/aromatic N) is 1. The molecule has 0 aliphatic carbocycles. The third-order valence-electron chi connectivity index (χ3n) is 6.50. The first-order chi connectivity index (χ1) is 16.1. The maximum Gasteiger partial charge on any atom is 0.326 e. The van der Waals surface area contributed by atoms with Gasteiger partial charge in [-0.3, -0.25) is 9.69 Å². The van der Waals surface area contributed by atoms with Gasteiger partial charge in [0.25, 0.3) is 5.91 Å². The van der Waals surface area contributed by atoms with Crippen molar-refractivity contribution in [1.82, 2.24) is 10.2 Å². The average Bonchev–Trinajstić information content (AvgIpc) is 3.23. The molecule has 2 N–H and O–H groups in total. The van der Waals surface area contributed by atoms with E-state index in [9.17, 15) is 23.1 Å². The Bertz CT molecular complexity index is 1150. The third-order valence-corrected chi connectivity index (χ3v) is 7.48. The molecule has 184 valence electrons. The summed E-state index contributed by atoms with van der Waals surface area (Å²) in [7, 11) is -3.35. The molecule has 8 heteroatoms. The topological polar surface area (TPSA) is 104 Å². The predicted octanol–water partition coefficient (Wildman–Crippen LogP) is 3.51. The Balaban J connectivity index is 1.90. The maximum absolute atomic E-state index is 13.2. The molecule has 1 heterocycles. The third kappa shape index (κ3) is 6.90. The Kier molecular flexibility index (Phi) is 8.49. The molecular weight excluding hydrogens is 452 g/mol. The molecule has 0 radical (unpaired) electrons. The van der Waals surface area contributed by atoms with Crippen LogP contribution < -0.4 is 5.32 Å². The Morgan fingerprint density at radius 1 is 1.18 bits per heavy atom. The van der Waals surface area contributed by atoms with E-state index >= 15 is 0 Å².